The summed E-state index contributed by atoms with van der Waals surface area (Å²) in [7, 11) is 0. The van der Waals surface area contributed by atoms with Crippen LogP contribution in [0.1, 0.15) is 36.1 Å². The Hall–Kier alpha value is -3.27. The number of nitrogens with zero attached hydrogens (tertiary/aromatic N) is 2. The van der Waals surface area contributed by atoms with Gasteiger partial charge in [0.05, 0.1) is 6.54 Å². The Morgan fingerprint density at radius 2 is 1.44 bits per heavy atom. The average molecular weight is 431 g/mol. The number of likely N-dealkylation sites (N-methyl/N-ethyl adjacent to an activating group) is 1. The van der Waals surface area contributed by atoms with Crippen LogP contribution in [0.25, 0.3) is 0 Å². The van der Waals surface area contributed by atoms with Gasteiger partial charge in [0.25, 0.3) is 0 Å². The Morgan fingerprint density at radius 3 is 2.03 bits per heavy atom. The maximum atomic E-state index is 12.9. The molecule has 0 saturated heterocycles. The van der Waals surface area contributed by atoms with Gasteiger partial charge in [-0.1, -0.05) is 48.5 Å². The van der Waals surface area contributed by atoms with E-state index in [0.717, 1.165) is 35.7 Å². The fourth-order valence-corrected chi connectivity index (χ4v) is 3.86. The van der Waals surface area contributed by atoms with E-state index in [4.69, 9.17) is 4.74 Å². The molecule has 0 aliphatic heterocycles. The lowest BCUT2D eigenvalue weighted by molar-refractivity contribution is -0.129. The summed E-state index contributed by atoms with van der Waals surface area (Å²) in [4.78, 5) is 16.9. The van der Waals surface area contributed by atoms with Gasteiger partial charge in [0.2, 0.25) is 5.91 Å². The van der Waals surface area contributed by atoms with Crippen molar-refractivity contribution in [2.75, 3.05) is 24.5 Å². The van der Waals surface area contributed by atoms with Crippen molar-refractivity contribution in [1.82, 2.24) is 4.90 Å². The molecule has 0 fully saturated rings. The fourth-order valence-electron chi connectivity index (χ4n) is 3.86. The zero-order valence-electron chi connectivity index (χ0n) is 19.7. The molecule has 0 heterocycles. The zero-order chi connectivity index (χ0) is 22.9. The van der Waals surface area contributed by atoms with Crippen LogP contribution in [0.4, 0.5) is 5.69 Å². The van der Waals surface area contributed by atoms with Crippen molar-refractivity contribution in [3.63, 3.8) is 0 Å². The van der Waals surface area contributed by atoms with Crippen molar-refractivity contribution in [1.29, 1.82) is 0 Å². The SMILES string of the molecule is CCN(CC)C(=O)CN(Cc1ccc(OCc2ccccc2)cc1)c1cc(C)cc(C)c1. The van der Waals surface area contributed by atoms with Gasteiger partial charge >= 0.3 is 0 Å². The van der Waals surface area contributed by atoms with Crippen molar-refractivity contribution in [2.45, 2.75) is 40.8 Å². The van der Waals surface area contributed by atoms with Gasteiger partial charge < -0.3 is 14.5 Å². The molecule has 0 N–H and O–H groups in total. The van der Waals surface area contributed by atoms with Crippen LogP contribution in [-0.2, 0) is 17.9 Å². The summed E-state index contributed by atoms with van der Waals surface area (Å²) in [6.45, 7) is 11.3. The topological polar surface area (TPSA) is 32.8 Å². The van der Waals surface area contributed by atoms with Gasteiger partial charge in [0, 0.05) is 25.3 Å². The van der Waals surface area contributed by atoms with Gasteiger partial charge in [-0.3, -0.25) is 4.79 Å². The van der Waals surface area contributed by atoms with E-state index < -0.39 is 0 Å². The predicted octanol–water partition coefficient (Wildman–Crippen LogP) is 5.76. The molecular weight excluding hydrogens is 396 g/mol. The summed E-state index contributed by atoms with van der Waals surface area (Å²) in [5.74, 6) is 0.992. The summed E-state index contributed by atoms with van der Waals surface area (Å²) in [6, 6.07) is 24.8. The quantitative estimate of drug-likeness (QED) is 0.410. The lowest BCUT2D eigenvalue weighted by atomic mass is 10.1. The number of anilines is 1. The first-order chi connectivity index (χ1) is 15.5. The standard InChI is InChI=1S/C28H34N2O2/c1-5-29(6-2)28(31)20-30(26-17-22(3)16-23(4)18-26)19-24-12-14-27(15-13-24)32-21-25-10-8-7-9-11-25/h7-18H,5-6,19-21H2,1-4H3. The van der Waals surface area contributed by atoms with E-state index in [1.807, 2.05) is 49.1 Å². The summed E-state index contributed by atoms with van der Waals surface area (Å²) in [6.07, 6.45) is 0. The molecule has 4 heteroatoms. The summed E-state index contributed by atoms with van der Waals surface area (Å²) in [5.41, 5.74) is 5.76. The number of benzene rings is 3. The Morgan fingerprint density at radius 1 is 0.812 bits per heavy atom. The first-order valence-corrected chi connectivity index (χ1v) is 11.3. The Kier molecular flexibility index (Phi) is 8.32. The third-order valence-corrected chi connectivity index (χ3v) is 5.56. The zero-order valence-corrected chi connectivity index (χ0v) is 19.7. The van der Waals surface area contributed by atoms with Crippen LogP contribution < -0.4 is 9.64 Å². The van der Waals surface area contributed by atoms with E-state index in [1.54, 1.807) is 0 Å². The molecule has 1 amide bonds. The molecule has 0 unspecified atom stereocenters. The lowest BCUT2D eigenvalue weighted by Crippen LogP contribution is -2.40. The minimum Gasteiger partial charge on any atom is -0.489 e. The molecule has 0 aliphatic rings. The maximum absolute atomic E-state index is 12.9. The molecule has 3 aromatic carbocycles. The van der Waals surface area contributed by atoms with Crippen LogP contribution in [-0.4, -0.2) is 30.4 Å². The maximum Gasteiger partial charge on any atom is 0.242 e. The molecule has 0 radical (unpaired) electrons. The second-order valence-electron chi connectivity index (χ2n) is 8.19. The second-order valence-corrected chi connectivity index (χ2v) is 8.19. The molecular formula is C28H34N2O2. The van der Waals surface area contributed by atoms with Crippen LogP contribution in [0.2, 0.25) is 0 Å². The highest BCUT2D eigenvalue weighted by Gasteiger charge is 2.17. The Bertz CT molecular complexity index is 975. The first kappa shape index (κ1) is 23.4. The monoisotopic (exact) mass is 430 g/mol. The van der Waals surface area contributed by atoms with Crippen molar-refractivity contribution in [3.8, 4) is 5.75 Å². The van der Waals surface area contributed by atoms with Gasteiger partial charge in [0.15, 0.2) is 0 Å². The van der Waals surface area contributed by atoms with E-state index in [1.165, 1.54) is 11.1 Å². The summed E-state index contributed by atoms with van der Waals surface area (Å²) < 4.78 is 5.92. The van der Waals surface area contributed by atoms with Crippen LogP contribution in [0.15, 0.2) is 72.8 Å². The van der Waals surface area contributed by atoms with E-state index >= 15 is 0 Å². The largest absolute Gasteiger partial charge is 0.489 e. The number of carbonyl (C=O) groups is 1. The molecule has 0 aromatic heterocycles. The lowest BCUT2D eigenvalue weighted by Gasteiger charge is -2.28. The van der Waals surface area contributed by atoms with Crippen LogP contribution in [0.3, 0.4) is 0 Å². The predicted molar refractivity (Wildman–Crippen MR) is 132 cm³/mol. The number of aryl methyl sites for hydroxylation is 2. The van der Waals surface area contributed by atoms with Gasteiger partial charge in [-0.05, 0) is 74.2 Å². The van der Waals surface area contributed by atoms with Crippen molar-refractivity contribution in [3.05, 3.63) is 95.1 Å². The number of hydrogen-bond donors (Lipinski definition) is 0. The van der Waals surface area contributed by atoms with Gasteiger partial charge in [-0.25, -0.2) is 0 Å². The molecule has 0 atom stereocenters. The fraction of sp³-hybridized carbons (Fsp3) is 0.321. The van der Waals surface area contributed by atoms with E-state index in [-0.39, 0.29) is 5.91 Å². The number of ether oxygens (including phenoxy) is 1. The Labute approximate surface area is 192 Å². The van der Waals surface area contributed by atoms with E-state index in [0.29, 0.717) is 19.7 Å². The molecule has 168 valence electrons. The first-order valence-electron chi connectivity index (χ1n) is 11.3. The van der Waals surface area contributed by atoms with Gasteiger partial charge in [-0.15, -0.1) is 0 Å². The van der Waals surface area contributed by atoms with Crippen molar-refractivity contribution < 1.29 is 9.53 Å². The molecule has 3 aromatic rings. The summed E-state index contributed by atoms with van der Waals surface area (Å²) in [5, 5.41) is 0. The number of hydrogen-bond acceptors (Lipinski definition) is 3. The average Bonchev–Trinajstić information content (AvgIpc) is 2.79. The van der Waals surface area contributed by atoms with Crippen molar-refractivity contribution >= 4 is 11.6 Å². The van der Waals surface area contributed by atoms with Crippen LogP contribution in [0, 0.1) is 13.8 Å². The minimum absolute atomic E-state index is 0.150. The number of carbonyl (C=O) groups excluding carboxylic acids is 1. The summed E-state index contributed by atoms with van der Waals surface area (Å²) >= 11 is 0. The molecule has 32 heavy (non-hydrogen) atoms. The molecule has 4 nitrogen and oxygen atoms in total. The highest BCUT2D eigenvalue weighted by molar-refractivity contribution is 5.81. The molecule has 0 aliphatic carbocycles. The van der Waals surface area contributed by atoms with E-state index in [2.05, 4.69) is 61.2 Å². The van der Waals surface area contributed by atoms with Crippen LogP contribution >= 0.6 is 0 Å². The number of amides is 1. The third kappa shape index (κ3) is 6.61. The van der Waals surface area contributed by atoms with Crippen LogP contribution in [0.5, 0.6) is 5.75 Å². The van der Waals surface area contributed by atoms with Crippen molar-refractivity contribution in [2.24, 2.45) is 0 Å². The second kappa shape index (κ2) is 11.4. The smallest absolute Gasteiger partial charge is 0.242 e. The minimum atomic E-state index is 0.150. The molecule has 3 rings (SSSR count). The highest BCUT2D eigenvalue weighted by Crippen LogP contribution is 2.22. The van der Waals surface area contributed by atoms with Gasteiger partial charge in [-0.2, -0.15) is 0 Å². The Balaban J connectivity index is 1.74. The highest BCUT2D eigenvalue weighted by atomic mass is 16.5. The normalized spacial score (nSPS) is 10.6. The molecule has 0 bridgehead atoms. The van der Waals surface area contributed by atoms with Gasteiger partial charge in [0.1, 0.15) is 12.4 Å². The van der Waals surface area contributed by atoms with E-state index in [9.17, 15) is 4.79 Å². The molecule has 0 saturated carbocycles. The molecule has 0 spiro atoms. The third-order valence-electron chi connectivity index (χ3n) is 5.56. The number of rotatable bonds is 10.